The number of likely N-dealkylation sites (tertiary alicyclic amines) is 1. The van der Waals surface area contributed by atoms with Crippen LogP contribution in [0.5, 0.6) is 5.75 Å². The van der Waals surface area contributed by atoms with E-state index in [0.717, 1.165) is 5.56 Å². The number of nitrogens with zero attached hydrogens (tertiary/aromatic N) is 2. The van der Waals surface area contributed by atoms with Gasteiger partial charge in [0, 0.05) is 38.2 Å². The summed E-state index contributed by atoms with van der Waals surface area (Å²) in [5, 5.41) is 11.2. The number of aryl methyl sites for hydroxylation is 1. The van der Waals surface area contributed by atoms with Gasteiger partial charge in [0.15, 0.2) is 0 Å². The van der Waals surface area contributed by atoms with Crippen molar-refractivity contribution in [2.45, 2.75) is 33.2 Å². The van der Waals surface area contributed by atoms with Crippen molar-refractivity contribution in [2.75, 3.05) is 26.9 Å². The van der Waals surface area contributed by atoms with Crippen molar-refractivity contribution in [1.82, 2.24) is 9.88 Å². The average Bonchev–Trinajstić information content (AvgIpc) is 3.03. The Kier molecular flexibility index (Phi) is 7.64. The number of aromatic nitrogens is 1. The number of benzene rings is 1. The zero-order valence-electron chi connectivity index (χ0n) is 19.0. The molecule has 7 heteroatoms. The van der Waals surface area contributed by atoms with E-state index in [0.29, 0.717) is 49.0 Å². The van der Waals surface area contributed by atoms with Gasteiger partial charge >= 0.3 is 0 Å². The van der Waals surface area contributed by atoms with Gasteiger partial charge in [0.05, 0.1) is 18.2 Å². The summed E-state index contributed by atoms with van der Waals surface area (Å²) in [6, 6.07) is 8.13. The highest BCUT2D eigenvalue weighted by Gasteiger charge is 2.45. The van der Waals surface area contributed by atoms with Gasteiger partial charge in [0.1, 0.15) is 11.5 Å². The summed E-state index contributed by atoms with van der Waals surface area (Å²) in [4.78, 5) is 31.4. The molecule has 0 spiro atoms. The maximum Gasteiger partial charge on any atom is 0.295 e. The van der Waals surface area contributed by atoms with E-state index < -0.39 is 17.7 Å². The molecule has 1 N–H and O–H groups in total. The third kappa shape index (κ3) is 4.99. The molecule has 2 heterocycles. The number of aliphatic hydroxyl groups is 1. The van der Waals surface area contributed by atoms with E-state index in [2.05, 4.69) is 18.8 Å². The number of ether oxygens (including phenoxy) is 2. The molecule has 3 rings (SSSR count). The number of pyridine rings is 1. The molecule has 1 aliphatic heterocycles. The molecule has 7 nitrogen and oxygen atoms in total. The van der Waals surface area contributed by atoms with Crippen LogP contribution in [0.15, 0.2) is 48.3 Å². The van der Waals surface area contributed by atoms with E-state index in [1.54, 1.807) is 43.8 Å². The summed E-state index contributed by atoms with van der Waals surface area (Å²) in [5.41, 5.74) is 2.05. The van der Waals surface area contributed by atoms with Gasteiger partial charge in [-0.15, -0.1) is 0 Å². The summed E-state index contributed by atoms with van der Waals surface area (Å²) in [6.07, 6.45) is 3.79. The fraction of sp³-hybridized carbons (Fsp3) is 0.400. The molecule has 1 aromatic carbocycles. The maximum atomic E-state index is 13.0. The molecule has 1 aliphatic rings. The second-order valence-electron chi connectivity index (χ2n) is 8.30. The van der Waals surface area contributed by atoms with Gasteiger partial charge in [0.25, 0.3) is 11.7 Å². The minimum absolute atomic E-state index is 0.0811. The molecule has 1 amide bonds. The van der Waals surface area contributed by atoms with Crippen LogP contribution in [0.2, 0.25) is 0 Å². The molecule has 1 fully saturated rings. The Hall–Kier alpha value is -3.19. The van der Waals surface area contributed by atoms with E-state index in [-0.39, 0.29) is 11.3 Å². The maximum absolute atomic E-state index is 13.0. The summed E-state index contributed by atoms with van der Waals surface area (Å²) < 4.78 is 10.9. The predicted octanol–water partition coefficient (Wildman–Crippen LogP) is 3.88. The molecular formula is C25H30N2O5. The van der Waals surface area contributed by atoms with E-state index in [9.17, 15) is 14.7 Å². The largest absolute Gasteiger partial charge is 0.507 e. The number of carbonyl (C=O) groups is 2. The van der Waals surface area contributed by atoms with E-state index in [4.69, 9.17) is 9.47 Å². The third-order valence-electron chi connectivity index (χ3n) is 5.35. The van der Waals surface area contributed by atoms with Crippen LogP contribution in [0, 0.1) is 12.8 Å². The zero-order valence-corrected chi connectivity index (χ0v) is 19.0. The lowest BCUT2D eigenvalue weighted by Crippen LogP contribution is -2.31. The first-order valence-corrected chi connectivity index (χ1v) is 10.8. The Morgan fingerprint density at radius 1 is 1.19 bits per heavy atom. The number of rotatable bonds is 9. The van der Waals surface area contributed by atoms with Crippen molar-refractivity contribution in [3.8, 4) is 5.75 Å². The molecule has 0 radical (unpaired) electrons. The van der Waals surface area contributed by atoms with Gasteiger partial charge < -0.3 is 19.5 Å². The number of methoxy groups -OCH3 is 1. The van der Waals surface area contributed by atoms with Crippen LogP contribution in [-0.2, 0) is 14.3 Å². The second kappa shape index (κ2) is 10.4. The Morgan fingerprint density at radius 2 is 1.91 bits per heavy atom. The second-order valence-corrected chi connectivity index (χ2v) is 8.30. The van der Waals surface area contributed by atoms with Crippen LogP contribution in [-0.4, -0.2) is 53.5 Å². The topological polar surface area (TPSA) is 89.0 Å². The van der Waals surface area contributed by atoms with Crippen molar-refractivity contribution in [3.63, 3.8) is 0 Å². The monoisotopic (exact) mass is 438 g/mol. The first-order chi connectivity index (χ1) is 15.3. The number of carbonyl (C=O) groups excluding carboxylic acids is 2. The van der Waals surface area contributed by atoms with Gasteiger partial charge in [0.2, 0.25) is 0 Å². The van der Waals surface area contributed by atoms with Crippen LogP contribution in [0.4, 0.5) is 0 Å². The molecule has 32 heavy (non-hydrogen) atoms. The van der Waals surface area contributed by atoms with Crippen molar-refractivity contribution in [3.05, 3.63) is 65.0 Å². The van der Waals surface area contributed by atoms with E-state index >= 15 is 0 Å². The molecule has 0 aliphatic carbocycles. The lowest BCUT2D eigenvalue weighted by atomic mass is 9.94. The number of ketones is 1. The Bertz CT molecular complexity index is 1000. The van der Waals surface area contributed by atoms with E-state index in [1.165, 1.54) is 4.90 Å². The normalized spacial score (nSPS) is 17.9. The summed E-state index contributed by atoms with van der Waals surface area (Å²) in [7, 11) is 1.59. The Morgan fingerprint density at radius 3 is 2.53 bits per heavy atom. The molecule has 0 saturated carbocycles. The summed E-state index contributed by atoms with van der Waals surface area (Å²) in [6.45, 7) is 7.36. The van der Waals surface area contributed by atoms with Crippen molar-refractivity contribution in [2.24, 2.45) is 5.92 Å². The quantitative estimate of drug-likeness (QED) is 0.277. The molecule has 170 valence electrons. The van der Waals surface area contributed by atoms with E-state index in [1.807, 2.05) is 13.0 Å². The third-order valence-corrected chi connectivity index (χ3v) is 5.35. The Labute approximate surface area is 188 Å². The van der Waals surface area contributed by atoms with Gasteiger partial charge in [-0.25, -0.2) is 0 Å². The van der Waals surface area contributed by atoms with Gasteiger partial charge in [-0.3, -0.25) is 14.6 Å². The first kappa shape index (κ1) is 23.5. The zero-order chi connectivity index (χ0) is 23.3. The highest BCUT2D eigenvalue weighted by molar-refractivity contribution is 6.46. The smallest absolute Gasteiger partial charge is 0.295 e. The van der Waals surface area contributed by atoms with Gasteiger partial charge in [-0.05, 0) is 60.7 Å². The molecule has 1 aromatic heterocycles. The van der Waals surface area contributed by atoms with Crippen molar-refractivity contribution in [1.29, 1.82) is 0 Å². The first-order valence-electron chi connectivity index (χ1n) is 10.8. The average molecular weight is 439 g/mol. The molecule has 0 unspecified atom stereocenters. The minimum Gasteiger partial charge on any atom is -0.507 e. The SMILES string of the molecule is COCCCN1C(=O)C(=O)/C(=C(/O)c2ccc(OCC(C)C)cc2C)[C@@H]1c1ccncc1. The van der Waals surface area contributed by atoms with Crippen LogP contribution in [0.1, 0.15) is 43.0 Å². The van der Waals surface area contributed by atoms with Crippen LogP contribution in [0.25, 0.3) is 5.76 Å². The summed E-state index contributed by atoms with van der Waals surface area (Å²) in [5.74, 6) is -0.427. The lowest BCUT2D eigenvalue weighted by molar-refractivity contribution is -0.140. The van der Waals surface area contributed by atoms with Gasteiger partial charge in [-0.2, -0.15) is 0 Å². The number of amides is 1. The summed E-state index contributed by atoms with van der Waals surface area (Å²) >= 11 is 0. The van der Waals surface area contributed by atoms with Crippen LogP contribution in [0.3, 0.4) is 0 Å². The lowest BCUT2D eigenvalue weighted by Gasteiger charge is -2.25. The highest BCUT2D eigenvalue weighted by Crippen LogP contribution is 2.40. The molecule has 0 bridgehead atoms. The minimum atomic E-state index is -0.693. The molecule has 2 aromatic rings. The number of Topliss-reactive ketones (excluding diaryl/α,β-unsaturated/α-hetero) is 1. The number of aliphatic hydroxyl groups excluding tert-OH is 1. The number of hydrogen-bond acceptors (Lipinski definition) is 6. The van der Waals surface area contributed by atoms with Crippen molar-refractivity contribution < 1.29 is 24.2 Å². The molecule has 1 atom stereocenters. The molecular weight excluding hydrogens is 408 g/mol. The Balaban J connectivity index is 2.04. The van der Waals surface area contributed by atoms with Crippen LogP contribution >= 0.6 is 0 Å². The highest BCUT2D eigenvalue weighted by atomic mass is 16.5. The van der Waals surface area contributed by atoms with Crippen LogP contribution < -0.4 is 4.74 Å². The van der Waals surface area contributed by atoms with Crippen molar-refractivity contribution >= 4 is 17.4 Å². The predicted molar refractivity (Wildman–Crippen MR) is 121 cm³/mol. The fourth-order valence-corrected chi connectivity index (χ4v) is 3.78. The standard InChI is InChI=1S/C25H30N2O5/c1-16(2)15-32-19-6-7-20(17(3)14-19)23(28)21-22(18-8-10-26-11-9-18)27(12-5-13-31-4)25(30)24(21)29/h6-11,14,16,22,28H,5,12-13,15H2,1-4H3/b23-21+/t22-/m0/s1. The van der Waals surface area contributed by atoms with Gasteiger partial charge in [-0.1, -0.05) is 13.8 Å². The number of hydrogen-bond donors (Lipinski definition) is 1. The molecule has 1 saturated heterocycles. The fourth-order valence-electron chi connectivity index (χ4n) is 3.78.